The van der Waals surface area contributed by atoms with E-state index in [9.17, 15) is 0 Å². The number of benzene rings is 2. The van der Waals surface area contributed by atoms with Crippen molar-refractivity contribution in [2.45, 2.75) is 70.1 Å². The van der Waals surface area contributed by atoms with Crippen molar-refractivity contribution in [3.8, 4) is 11.1 Å². The molecule has 0 bridgehead atoms. The predicted molar refractivity (Wildman–Crippen MR) is 102 cm³/mol. The zero-order valence-electron chi connectivity index (χ0n) is 14.6. The van der Waals surface area contributed by atoms with Gasteiger partial charge < -0.3 is 0 Å². The molecule has 0 aromatic heterocycles. The van der Waals surface area contributed by atoms with E-state index >= 15 is 0 Å². The second-order valence-corrected chi connectivity index (χ2v) is 7.48. The van der Waals surface area contributed by atoms with Crippen LogP contribution in [0.2, 0.25) is 0 Å². The van der Waals surface area contributed by atoms with Crippen molar-refractivity contribution in [1.29, 1.82) is 0 Å². The van der Waals surface area contributed by atoms with Crippen LogP contribution in [0.4, 0.5) is 11.4 Å². The minimum atomic E-state index is 0.691. The van der Waals surface area contributed by atoms with Gasteiger partial charge >= 0.3 is 0 Å². The zero-order valence-corrected chi connectivity index (χ0v) is 14.6. The molecular formula is C23H28N. The number of rotatable bonds is 1. The van der Waals surface area contributed by atoms with Crippen LogP contribution in [0.1, 0.15) is 75.7 Å². The molecule has 1 heterocycles. The van der Waals surface area contributed by atoms with Crippen LogP contribution < -0.4 is 5.32 Å². The monoisotopic (exact) mass is 318 g/mol. The topological polar surface area (TPSA) is 14.1 Å². The van der Waals surface area contributed by atoms with Crippen LogP contribution in [0, 0.1) is 0 Å². The molecule has 0 amide bonds. The summed E-state index contributed by atoms with van der Waals surface area (Å²) >= 11 is 0. The average Bonchev–Trinajstić information content (AvgIpc) is 2.97. The van der Waals surface area contributed by atoms with Crippen molar-refractivity contribution in [3.05, 3.63) is 48.0 Å². The zero-order chi connectivity index (χ0) is 16.2. The first-order valence-electron chi connectivity index (χ1n) is 9.87. The van der Waals surface area contributed by atoms with Crippen LogP contribution in [0.25, 0.3) is 11.1 Å². The summed E-state index contributed by atoms with van der Waals surface area (Å²) < 4.78 is 0. The van der Waals surface area contributed by atoms with Gasteiger partial charge in [-0.25, -0.2) is 5.32 Å². The van der Waals surface area contributed by atoms with Crippen molar-refractivity contribution in [2.75, 3.05) is 0 Å². The second kappa shape index (κ2) is 7.42. The molecule has 125 valence electrons. The SMILES string of the molecule is c1ccc2c(c1)[N]c1c-2cccc1C1CCCCCCCCCC1. The van der Waals surface area contributed by atoms with Gasteiger partial charge in [0, 0.05) is 11.1 Å². The average molecular weight is 318 g/mol. The lowest BCUT2D eigenvalue weighted by atomic mass is 9.86. The highest BCUT2D eigenvalue weighted by molar-refractivity contribution is 5.92. The molecule has 2 aromatic rings. The van der Waals surface area contributed by atoms with E-state index in [4.69, 9.17) is 5.32 Å². The summed E-state index contributed by atoms with van der Waals surface area (Å²) in [5.74, 6) is 0.691. The van der Waals surface area contributed by atoms with Gasteiger partial charge in [0.2, 0.25) is 0 Å². The summed E-state index contributed by atoms with van der Waals surface area (Å²) in [6.07, 6.45) is 14.0. The molecule has 0 N–H and O–H groups in total. The molecule has 24 heavy (non-hydrogen) atoms. The van der Waals surface area contributed by atoms with Crippen molar-refractivity contribution >= 4 is 11.4 Å². The summed E-state index contributed by atoms with van der Waals surface area (Å²) in [5, 5.41) is 5.00. The van der Waals surface area contributed by atoms with E-state index in [1.54, 1.807) is 0 Å². The van der Waals surface area contributed by atoms with E-state index in [2.05, 4.69) is 42.5 Å². The van der Waals surface area contributed by atoms with Crippen LogP contribution in [-0.4, -0.2) is 0 Å². The molecule has 1 fully saturated rings. The lowest BCUT2D eigenvalue weighted by Gasteiger charge is -2.20. The van der Waals surface area contributed by atoms with Crippen LogP contribution in [0.5, 0.6) is 0 Å². The molecule has 1 saturated carbocycles. The lowest BCUT2D eigenvalue weighted by Crippen LogP contribution is -2.02. The van der Waals surface area contributed by atoms with Crippen LogP contribution >= 0.6 is 0 Å². The van der Waals surface area contributed by atoms with Crippen molar-refractivity contribution in [3.63, 3.8) is 0 Å². The molecule has 1 aliphatic carbocycles. The number of hydrogen-bond donors (Lipinski definition) is 0. The Morgan fingerprint density at radius 2 is 1.25 bits per heavy atom. The van der Waals surface area contributed by atoms with E-state index < -0.39 is 0 Å². The van der Waals surface area contributed by atoms with E-state index in [-0.39, 0.29) is 0 Å². The number of fused-ring (bicyclic) bond motifs is 3. The maximum atomic E-state index is 5.00. The largest absolute Gasteiger partial charge is 0.247 e. The van der Waals surface area contributed by atoms with Gasteiger partial charge in [-0.3, -0.25) is 0 Å². The van der Waals surface area contributed by atoms with E-state index in [0.717, 1.165) is 5.69 Å². The first kappa shape index (κ1) is 15.7. The number of hydrogen-bond acceptors (Lipinski definition) is 0. The Morgan fingerprint density at radius 3 is 2.00 bits per heavy atom. The minimum absolute atomic E-state index is 0.691. The van der Waals surface area contributed by atoms with Gasteiger partial charge in [0.05, 0.1) is 11.4 Å². The molecular weight excluding hydrogens is 290 g/mol. The third kappa shape index (κ3) is 3.22. The van der Waals surface area contributed by atoms with Gasteiger partial charge in [0.25, 0.3) is 0 Å². The Hall–Kier alpha value is -1.76. The van der Waals surface area contributed by atoms with Crippen LogP contribution in [-0.2, 0) is 0 Å². The minimum Gasteiger partial charge on any atom is -0.247 e. The van der Waals surface area contributed by atoms with E-state index in [1.165, 1.54) is 86.6 Å². The summed E-state index contributed by atoms with van der Waals surface area (Å²) in [7, 11) is 0. The summed E-state index contributed by atoms with van der Waals surface area (Å²) in [6.45, 7) is 0. The van der Waals surface area contributed by atoms with Crippen molar-refractivity contribution in [2.24, 2.45) is 0 Å². The Labute approximate surface area is 146 Å². The highest BCUT2D eigenvalue weighted by atomic mass is 14.9. The molecule has 2 aromatic carbocycles. The smallest absolute Gasteiger partial charge is 0.0751 e. The fraction of sp³-hybridized carbons (Fsp3) is 0.478. The number of para-hydroxylation sites is 2. The van der Waals surface area contributed by atoms with Gasteiger partial charge in [0.1, 0.15) is 0 Å². The Kier molecular flexibility index (Phi) is 4.87. The highest BCUT2D eigenvalue weighted by Gasteiger charge is 2.25. The van der Waals surface area contributed by atoms with Gasteiger partial charge in [-0.1, -0.05) is 87.8 Å². The second-order valence-electron chi connectivity index (χ2n) is 7.48. The van der Waals surface area contributed by atoms with Gasteiger partial charge in [-0.15, -0.1) is 0 Å². The van der Waals surface area contributed by atoms with Crippen molar-refractivity contribution < 1.29 is 0 Å². The Morgan fingerprint density at radius 1 is 0.625 bits per heavy atom. The maximum Gasteiger partial charge on any atom is 0.0751 e. The molecule has 0 saturated heterocycles. The van der Waals surface area contributed by atoms with Gasteiger partial charge in [-0.05, 0) is 30.4 Å². The normalized spacial score (nSPS) is 19.0. The molecule has 0 spiro atoms. The third-order valence-corrected chi connectivity index (χ3v) is 5.79. The fourth-order valence-electron chi connectivity index (χ4n) is 4.45. The number of nitrogens with zero attached hydrogens (tertiary/aromatic N) is 1. The van der Waals surface area contributed by atoms with Crippen LogP contribution in [0.3, 0.4) is 0 Å². The molecule has 2 aliphatic rings. The van der Waals surface area contributed by atoms with E-state index in [1.807, 2.05) is 0 Å². The summed E-state index contributed by atoms with van der Waals surface area (Å²) in [5.41, 5.74) is 6.57. The molecule has 1 heteroatoms. The summed E-state index contributed by atoms with van der Waals surface area (Å²) in [6, 6.07) is 15.4. The van der Waals surface area contributed by atoms with Gasteiger partial charge in [-0.2, -0.15) is 0 Å². The van der Waals surface area contributed by atoms with E-state index in [0.29, 0.717) is 5.92 Å². The molecule has 0 unspecified atom stereocenters. The summed E-state index contributed by atoms with van der Waals surface area (Å²) in [4.78, 5) is 0. The van der Waals surface area contributed by atoms with Gasteiger partial charge in [0.15, 0.2) is 0 Å². The first-order valence-corrected chi connectivity index (χ1v) is 9.87. The third-order valence-electron chi connectivity index (χ3n) is 5.79. The molecule has 1 nitrogen and oxygen atoms in total. The molecule has 1 aliphatic heterocycles. The molecule has 1 radical (unpaired) electrons. The lowest BCUT2D eigenvalue weighted by molar-refractivity contribution is 0.514. The fourth-order valence-corrected chi connectivity index (χ4v) is 4.45. The van der Waals surface area contributed by atoms with Crippen molar-refractivity contribution in [1.82, 2.24) is 5.32 Å². The molecule has 0 atom stereocenters. The maximum absolute atomic E-state index is 5.00. The predicted octanol–water partition coefficient (Wildman–Crippen LogP) is 7.23. The Bertz CT molecular complexity index is 676. The molecule has 4 rings (SSSR count). The Balaban J connectivity index is 1.61. The quantitative estimate of drug-likeness (QED) is 0.449. The standard InChI is InChI=1S/C23H28N/c1-2-4-6-8-13-18(12-7-5-3-1)19-15-11-16-21-20-14-9-10-17-22(20)24-23(19)21/h9-11,14-18H,1-8,12-13H2. The van der Waals surface area contributed by atoms with Crippen LogP contribution in [0.15, 0.2) is 42.5 Å². The highest BCUT2D eigenvalue weighted by Crippen LogP contribution is 2.47. The first-order chi connectivity index (χ1) is 11.9.